The molecule has 1 rings (SSSR count). The molecule has 1 aromatic rings. The molecule has 0 unspecified atom stereocenters. The lowest BCUT2D eigenvalue weighted by Crippen LogP contribution is -2.07. The molecule has 0 saturated heterocycles. The zero-order valence-corrected chi connectivity index (χ0v) is 8.46. The standard InChI is InChI=1S/C9H6F6O3/c10-7(11)16-4-1-5(17-8(12)13)3-6(2-4)18-9(14)15/h1-3,7-9H. The Morgan fingerprint density at radius 2 is 0.778 bits per heavy atom. The van der Waals surface area contributed by atoms with Gasteiger partial charge in [0.15, 0.2) is 0 Å². The average Bonchev–Trinajstić information content (AvgIpc) is 2.12. The van der Waals surface area contributed by atoms with Crippen LogP contribution in [0.25, 0.3) is 0 Å². The van der Waals surface area contributed by atoms with Crippen LogP contribution in [0.15, 0.2) is 18.2 Å². The van der Waals surface area contributed by atoms with E-state index >= 15 is 0 Å². The third-order valence-corrected chi connectivity index (χ3v) is 1.53. The van der Waals surface area contributed by atoms with Gasteiger partial charge in [0.1, 0.15) is 17.2 Å². The van der Waals surface area contributed by atoms with E-state index in [0.29, 0.717) is 18.2 Å². The van der Waals surface area contributed by atoms with Crippen molar-refractivity contribution in [2.45, 2.75) is 19.8 Å². The molecule has 0 saturated carbocycles. The van der Waals surface area contributed by atoms with Crippen LogP contribution in [0.5, 0.6) is 17.2 Å². The predicted molar refractivity (Wildman–Crippen MR) is 46.3 cm³/mol. The van der Waals surface area contributed by atoms with Gasteiger partial charge in [0, 0.05) is 18.2 Å². The topological polar surface area (TPSA) is 27.7 Å². The highest BCUT2D eigenvalue weighted by atomic mass is 19.3. The van der Waals surface area contributed by atoms with E-state index in [1.165, 1.54) is 0 Å². The lowest BCUT2D eigenvalue weighted by atomic mass is 10.3. The minimum atomic E-state index is -3.24. The van der Waals surface area contributed by atoms with Gasteiger partial charge in [-0.15, -0.1) is 0 Å². The monoisotopic (exact) mass is 276 g/mol. The summed E-state index contributed by atoms with van der Waals surface area (Å²) < 4.78 is 83.1. The highest BCUT2D eigenvalue weighted by molar-refractivity contribution is 5.42. The first-order chi connectivity index (χ1) is 8.36. The van der Waals surface area contributed by atoms with Gasteiger partial charge in [0.25, 0.3) is 0 Å². The molecule has 0 aliphatic heterocycles. The van der Waals surface area contributed by atoms with Gasteiger partial charge in [-0.2, -0.15) is 26.3 Å². The molecule has 0 spiro atoms. The molecule has 0 aliphatic rings. The molecule has 0 bridgehead atoms. The van der Waals surface area contributed by atoms with Crippen molar-refractivity contribution in [1.29, 1.82) is 0 Å². The molecule has 3 nitrogen and oxygen atoms in total. The molecular formula is C9H6F6O3. The Bertz CT molecular complexity index is 315. The molecule has 18 heavy (non-hydrogen) atoms. The van der Waals surface area contributed by atoms with E-state index in [2.05, 4.69) is 14.2 Å². The zero-order valence-electron chi connectivity index (χ0n) is 8.46. The minimum Gasteiger partial charge on any atom is -0.435 e. The Morgan fingerprint density at radius 3 is 0.944 bits per heavy atom. The molecule has 0 aliphatic carbocycles. The van der Waals surface area contributed by atoms with Crippen molar-refractivity contribution >= 4 is 0 Å². The molecule has 0 atom stereocenters. The Morgan fingerprint density at radius 1 is 0.556 bits per heavy atom. The first kappa shape index (κ1) is 14.3. The highest BCUT2D eigenvalue weighted by Gasteiger charge is 2.13. The van der Waals surface area contributed by atoms with E-state index in [9.17, 15) is 26.3 Å². The maximum Gasteiger partial charge on any atom is 0.387 e. The predicted octanol–water partition coefficient (Wildman–Crippen LogP) is 3.49. The number of hydrogen-bond donors (Lipinski definition) is 0. The van der Waals surface area contributed by atoms with E-state index in [4.69, 9.17) is 0 Å². The SMILES string of the molecule is FC(F)Oc1cc(OC(F)F)cc(OC(F)F)c1. The third-order valence-electron chi connectivity index (χ3n) is 1.53. The zero-order chi connectivity index (χ0) is 13.7. The molecule has 0 aromatic heterocycles. The van der Waals surface area contributed by atoms with Crippen LogP contribution in [0, 0.1) is 0 Å². The van der Waals surface area contributed by atoms with E-state index in [-0.39, 0.29) is 0 Å². The minimum absolute atomic E-state index is 0.640. The largest absolute Gasteiger partial charge is 0.435 e. The fourth-order valence-electron chi connectivity index (χ4n) is 1.06. The third kappa shape index (κ3) is 5.02. The van der Waals surface area contributed by atoms with E-state index in [0.717, 1.165) is 0 Å². The molecule has 9 heteroatoms. The van der Waals surface area contributed by atoms with Crippen molar-refractivity contribution in [3.63, 3.8) is 0 Å². The van der Waals surface area contributed by atoms with Crippen LogP contribution in [0.1, 0.15) is 0 Å². The second kappa shape index (κ2) is 6.22. The van der Waals surface area contributed by atoms with Crippen molar-refractivity contribution in [2.24, 2.45) is 0 Å². The fourth-order valence-corrected chi connectivity index (χ4v) is 1.06. The van der Waals surface area contributed by atoms with Crippen LogP contribution in [0.4, 0.5) is 26.3 Å². The van der Waals surface area contributed by atoms with Crippen LogP contribution < -0.4 is 14.2 Å². The number of alkyl halides is 6. The second-order valence-corrected chi connectivity index (χ2v) is 2.78. The van der Waals surface area contributed by atoms with Gasteiger partial charge in [-0.05, 0) is 0 Å². The van der Waals surface area contributed by atoms with Crippen LogP contribution in [0.2, 0.25) is 0 Å². The molecule has 0 fully saturated rings. The van der Waals surface area contributed by atoms with Crippen molar-refractivity contribution in [2.75, 3.05) is 0 Å². The maximum atomic E-state index is 11.9. The van der Waals surface area contributed by atoms with Gasteiger partial charge in [-0.3, -0.25) is 0 Å². The van der Waals surface area contributed by atoms with Gasteiger partial charge < -0.3 is 14.2 Å². The molecule has 0 amide bonds. The van der Waals surface area contributed by atoms with Gasteiger partial charge >= 0.3 is 19.8 Å². The van der Waals surface area contributed by atoms with Crippen LogP contribution in [-0.2, 0) is 0 Å². The van der Waals surface area contributed by atoms with Crippen molar-refractivity contribution in [3.05, 3.63) is 18.2 Å². The normalized spacial score (nSPS) is 11.2. The Labute approximate surface area is 96.9 Å². The number of halogens is 6. The van der Waals surface area contributed by atoms with E-state index in [1.807, 2.05) is 0 Å². The van der Waals surface area contributed by atoms with Crippen LogP contribution in [-0.4, -0.2) is 19.8 Å². The van der Waals surface area contributed by atoms with Crippen molar-refractivity contribution < 1.29 is 40.6 Å². The molecule has 0 radical (unpaired) electrons. The molecular weight excluding hydrogens is 270 g/mol. The summed E-state index contributed by atoms with van der Waals surface area (Å²) in [6, 6.07) is 2.07. The lowest BCUT2D eigenvalue weighted by Gasteiger charge is -2.11. The van der Waals surface area contributed by atoms with Crippen molar-refractivity contribution in [1.82, 2.24) is 0 Å². The smallest absolute Gasteiger partial charge is 0.387 e. The summed E-state index contributed by atoms with van der Waals surface area (Å²) in [5, 5.41) is 0. The highest BCUT2D eigenvalue weighted by Crippen LogP contribution is 2.30. The number of ether oxygens (including phenoxy) is 3. The van der Waals surface area contributed by atoms with E-state index < -0.39 is 37.1 Å². The summed E-state index contributed by atoms with van der Waals surface area (Å²) in [6.45, 7) is -9.73. The maximum absolute atomic E-state index is 11.9. The Kier molecular flexibility index (Phi) is 4.93. The van der Waals surface area contributed by atoms with Crippen LogP contribution in [0.3, 0.4) is 0 Å². The van der Waals surface area contributed by atoms with Gasteiger partial charge in [-0.1, -0.05) is 0 Å². The molecule has 0 N–H and O–H groups in total. The summed E-state index contributed by atoms with van der Waals surface area (Å²) in [4.78, 5) is 0. The van der Waals surface area contributed by atoms with Crippen LogP contribution >= 0.6 is 0 Å². The first-order valence-corrected chi connectivity index (χ1v) is 4.36. The second-order valence-electron chi connectivity index (χ2n) is 2.78. The van der Waals surface area contributed by atoms with Gasteiger partial charge in [0.05, 0.1) is 0 Å². The molecule has 1 aromatic carbocycles. The lowest BCUT2D eigenvalue weighted by molar-refractivity contribution is -0.0586. The number of rotatable bonds is 6. The molecule has 102 valence electrons. The summed E-state index contributed by atoms with van der Waals surface area (Å²) >= 11 is 0. The van der Waals surface area contributed by atoms with Gasteiger partial charge in [-0.25, -0.2) is 0 Å². The van der Waals surface area contributed by atoms with Gasteiger partial charge in [0.2, 0.25) is 0 Å². The van der Waals surface area contributed by atoms with E-state index in [1.54, 1.807) is 0 Å². The average molecular weight is 276 g/mol. The van der Waals surface area contributed by atoms with Crippen molar-refractivity contribution in [3.8, 4) is 17.2 Å². The number of hydrogen-bond acceptors (Lipinski definition) is 3. The summed E-state index contributed by atoms with van der Waals surface area (Å²) in [7, 11) is 0. The Balaban J connectivity index is 2.95. The summed E-state index contributed by atoms with van der Waals surface area (Å²) in [5.74, 6) is -1.92. The fraction of sp³-hybridized carbons (Fsp3) is 0.333. The first-order valence-electron chi connectivity index (χ1n) is 4.36. The quantitative estimate of drug-likeness (QED) is 0.744. The molecule has 0 heterocycles. The Hall–Kier alpha value is -1.80. The summed E-state index contributed by atoms with van der Waals surface area (Å²) in [5.41, 5.74) is 0. The number of benzene rings is 1. The summed E-state index contributed by atoms with van der Waals surface area (Å²) in [6.07, 6.45) is 0.